The molecule has 0 unspecified atom stereocenters. The van der Waals surface area contributed by atoms with Crippen molar-refractivity contribution < 1.29 is 0 Å². The van der Waals surface area contributed by atoms with Gasteiger partial charge in [0.05, 0.1) is 10.0 Å². The summed E-state index contributed by atoms with van der Waals surface area (Å²) in [4.78, 5) is 4.56. The number of halogens is 1. The summed E-state index contributed by atoms with van der Waals surface area (Å²) in [5, 5.41) is 3.27. The summed E-state index contributed by atoms with van der Waals surface area (Å²) in [6.45, 7) is 0.829. The SMILES string of the molecule is Clc1cc2c(s1)SNC(=NCCCCc1ccccc1)N2. The van der Waals surface area contributed by atoms with Crippen LogP contribution >= 0.6 is 34.9 Å². The van der Waals surface area contributed by atoms with Gasteiger partial charge in [-0.2, -0.15) is 0 Å². The molecule has 0 radical (unpaired) electrons. The summed E-state index contributed by atoms with van der Waals surface area (Å²) in [5.41, 5.74) is 2.45. The summed E-state index contributed by atoms with van der Waals surface area (Å²) in [6, 6.07) is 12.5. The maximum Gasteiger partial charge on any atom is 0.206 e. The third-order valence-electron chi connectivity index (χ3n) is 3.15. The second-order valence-electron chi connectivity index (χ2n) is 4.75. The lowest BCUT2D eigenvalue weighted by Crippen LogP contribution is -2.28. The number of unbranched alkanes of at least 4 members (excludes halogenated alkanes) is 1. The summed E-state index contributed by atoms with van der Waals surface area (Å²) in [7, 11) is 0. The Kier molecular flexibility index (Phi) is 5.06. The predicted octanol–water partition coefficient (Wildman–Crippen LogP) is 4.80. The number of benzene rings is 1. The highest BCUT2D eigenvalue weighted by molar-refractivity contribution is 8.00. The molecule has 0 fully saturated rings. The summed E-state index contributed by atoms with van der Waals surface area (Å²) in [5.74, 6) is 0.821. The minimum absolute atomic E-state index is 0.797. The largest absolute Gasteiger partial charge is 0.324 e. The van der Waals surface area contributed by atoms with Gasteiger partial charge in [-0.15, -0.1) is 11.3 Å². The molecule has 3 nitrogen and oxygen atoms in total. The number of hydrogen-bond acceptors (Lipinski definition) is 3. The standard InChI is InChI=1S/C15H16ClN3S2/c16-13-10-12-14(20-13)21-19-15(18-12)17-9-5-4-8-11-6-2-1-3-7-11/h1-3,6-7,10H,4-5,8-9H2,(H2,17,18,19). The second-order valence-corrected chi connectivity index (χ2v) is 7.51. The van der Waals surface area contributed by atoms with Gasteiger partial charge in [-0.25, -0.2) is 0 Å². The van der Waals surface area contributed by atoms with E-state index in [1.54, 1.807) is 23.3 Å². The van der Waals surface area contributed by atoms with E-state index in [4.69, 9.17) is 11.6 Å². The number of nitrogens with one attached hydrogen (secondary N) is 2. The Morgan fingerprint density at radius 2 is 2.00 bits per heavy atom. The smallest absolute Gasteiger partial charge is 0.206 e. The number of fused-ring (bicyclic) bond motifs is 1. The topological polar surface area (TPSA) is 36.4 Å². The van der Waals surface area contributed by atoms with E-state index in [1.807, 2.05) is 6.07 Å². The quantitative estimate of drug-likeness (QED) is 0.607. The van der Waals surface area contributed by atoms with Crippen LogP contribution in [0.3, 0.4) is 0 Å². The molecule has 2 aromatic rings. The molecule has 21 heavy (non-hydrogen) atoms. The monoisotopic (exact) mass is 337 g/mol. The summed E-state index contributed by atoms with van der Waals surface area (Å²) >= 11 is 9.14. The van der Waals surface area contributed by atoms with Gasteiger partial charge in [0.1, 0.15) is 4.21 Å². The highest BCUT2D eigenvalue weighted by Crippen LogP contribution is 2.39. The van der Waals surface area contributed by atoms with Crippen molar-refractivity contribution in [2.24, 2.45) is 4.99 Å². The van der Waals surface area contributed by atoms with Gasteiger partial charge in [-0.05, 0) is 30.9 Å². The maximum absolute atomic E-state index is 6.00. The number of anilines is 1. The van der Waals surface area contributed by atoms with E-state index >= 15 is 0 Å². The van der Waals surface area contributed by atoms with Crippen molar-refractivity contribution in [2.45, 2.75) is 23.5 Å². The molecule has 0 saturated carbocycles. The van der Waals surface area contributed by atoms with Crippen LogP contribution in [-0.2, 0) is 6.42 Å². The fraction of sp³-hybridized carbons (Fsp3) is 0.267. The van der Waals surface area contributed by atoms with Gasteiger partial charge in [-0.1, -0.05) is 41.9 Å². The summed E-state index contributed by atoms with van der Waals surface area (Å²) < 4.78 is 5.16. The number of guanidine groups is 1. The van der Waals surface area contributed by atoms with Crippen molar-refractivity contribution in [2.75, 3.05) is 11.9 Å². The minimum atomic E-state index is 0.797. The van der Waals surface area contributed by atoms with Gasteiger partial charge >= 0.3 is 0 Å². The van der Waals surface area contributed by atoms with Gasteiger partial charge in [-0.3, -0.25) is 9.71 Å². The Morgan fingerprint density at radius 3 is 2.86 bits per heavy atom. The Bertz CT molecular complexity index is 625. The zero-order valence-electron chi connectivity index (χ0n) is 11.4. The minimum Gasteiger partial charge on any atom is -0.324 e. The van der Waals surface area contributed by atoms with Gasteiger partial charge in [0.2, 0.25) is 5.96 Å². The number of nitrogens with zero attached hydrogens (tertiary/aromatic N) is 1. The molecule has 6 heteroatoms. The first kappa shape index (κ1) is 14.8. The van der Waals surface area contributed by atoms with Crippen LogP contribution in [0.15, 0.2) is 45.6 Å². The lowest BCUT2D eigenvalue weighted by atomic mass is 10.1. The third kappa shape index (κ3) is 4.15. The van der Waals surface area contributed by atoms with E-state index in [1.165, 1.54) is 5.56 Å². The first-order valence-corrected chi connectivity index (χ1v) is 8.90. The van der Waals surface area contributed by atoms with Crippen LogP contribution < -0.4 is 10.0 Å². The van der Waals surface area contributed by atoms with E-state index in [9.17, 15) is 0 Å². The number of thiophene rings is 1. The summed E-state index contributed by atoms with van der Waals surface area (Å²) in [6.07, 6.45) is 3.36. The molecule has 3 rings (SSSR count). The van der Waals surface area contributed by atoms with Crippen LogP contribution in [-0.4, -0.2) is 12.5 Å². The van der Waals surface area contributed by atoms with Crippen molar-refractivity contribution in [3.63, 3.8) is 0 Å². The molecule has 0 aliphatic carbocycles. The fourth-order valence-corrected chi connectivity index (χ4v) is 4.24. The number of rotatable bonds is 5. The van der Waals surface area contributed by atoms with Gasteiger partial charge in [0.25, 0.3) is 0 Å². The second kappa shape index (κ2) is 7.20. The molecular weight excluding hydrogens is 322 g/mol. The van der Waals surface area contributed by atoms with Crippen molar-refractivity contribution in [1.82, 2.24) is 4.72 Å². The predicted molar refractivity (Wildman–Crippen MR) is 93.6 cm³/mol. The molecule has 0 atom stereocenters. The number of aryl methyl sites for hydroxylation is 1. The molecule has 2 N–H and O–H groups in total. The van der Waals surface area contributed by atoms with Gasteiger partial charge in [0.15, 0.2) is 0 Å². The molecule has 1 aromatic heterocycles. The zero-order chi connectivity index (χ0) is 14.5. The Labute approximate surface area is 138 Å². The zero-order valence-corrected chi connectivity index (χ0v) is 13.8. The Hall–Kier alpha value is -1.17. The molecule has 1 aromatic carbocycles. The lowest BCUT2D eigenvalue weighted by molar-refractivity contribution is 0.744. The average molecular weight is 338 g/mol. The highest BCUT2D eigenvalue weighted by Gasteiger charge is 2.16. The first-order chi connectivity index (χ1) is 10.3. The van der Waals surface area contributed by atoms with Crippen molar-refractivity contribution in [3.05, 3.63) is 46.3 Å². The third-order valence-corrected chi connectivity index (χ3v) is 5.41. The molecule has 2 heterocycles. The van der Waals surface area contributed by atoms with Crippen LogP contribution in [0.4, 0.5) is 5.69 Å². The van der Waals surface area contributed by atoms with Crippen molar-refractivity contribution in [3.8, 4) is 0 Å². The molecule has 1 aliphatic heterocycles. The number of aliphatic imine (C=N–C) groups is 1. The highest BCUT2D eigenvalue weighted by atomic mass is 35.5. The van der Waals surface area contributed by atoms with Crippen molar-refractivity contribution >= 4 is 46.5 Å². The van der Waals surface area contributed by atoms with Crippen molar-refractivity contribution in [1.29, 1.82) is 0 Å². The average Bonchev–Trinajstić information content (AvgIpc) is 2.87. The van der Waals surface area contributed by atoms with E-state index in [2.05, 4.69) is 45.4 Å². The molecule has 1 aliphatic rings. The van der Waals surface area contributed by atoms with E-state index in [0.717, 1.165) is 46.0 Å². The van der Waals surface area contributed by atoms with Gasteiger partial charge in [0, 0.05) is 18.5 Å². The molecule has 0 spiro atoms. The first-order valence-electron chi connectivity index (χ1n) is 6.89. The molecule has 0 amide bonds. The van der Waals surface area contributed by atoms with E-state index in [0.29, 0.717) is 0 Å². The molecular formula is C15H16ClN3S2. The Morgan fingerprint density at radius 1 is 1.14 bits per heavy atom. The van der Waals surface area contributed by atoms with Crippen LogP contribution in [0, 0.1) is 0 Å². The van der Waals surface area contributed by atoms with Crippen LogP contribution in [0.1, 0.15) is 18.4 Å². The molecule has 110 valence electrons. The Balaban J connectivity index is 1.43. The molecule has 0 saturated heterocycles. The van der Waals surface area contributed by atoms with E-state index in [-0.39, 0.29) is 0 Å². The fourth-order valence-electron chi connectivity index (χ4n) is 2.10. The van der Waals surface area contributed by atoms with Gasteiger partial charge < -0.3 is 5.32 Å². The van der Waals surface area contributed by atoms with Crippen LogP contribution in [0.5, 0.6) is 0 Å². The van der Waals surface area contributed by atoms with Crippen LogP contribution in [0.2, 0.25) is 4.34 Å². The normalized spacial score (nSPS) is 15.4. The number of hydrogen-bond donors (Lipinski definition) is 2. The maximum atomic E-state index is 6.00. The molecule has 0 bridgehead atoms. The van der Waals surface area contributed by atoms with Crippen LogP contribution in [0.25, 0.3) is 0 Å². The lowest BCUT2D eigenvalue weighted by Gasteiger charge is -2.16. The van der Waals surface area contributed by atoms with E-state index < -0.39 is 0 Å².